The summed E-state index contributed by atoms with van der Waals surface area (Å²) in [5.74, 6) is 0.230. The molecular formula is C25H36N8O4. The normalized spacial score (nSPS) is 22.0. The SMILES string of the molecule is CN(CCCNC(=O)Nc1ccc(C(C)(C)C)cc1)CC1OC(n2cnc3c(N)ncnc32)C(O)[C@@H]1O. The lowest BCUT2D eigenvalue weighted by atomic mass is 9.87. The second kappa shape index (κ2) is 11.0. The monoisotopic (exact) mass is 512 g/mol. The van der Waals surface area contributed by atoms with Crippen LogP contribution in [0.1, 0.15) is 39.0 Å². The van der Waals surface area contributed by atoms with Crippen molar-refractivity contribution in [2.24, 2.45) is 0 Å². The summed E-state index contributed by atoms with van der Waals surface area (Å²) in [7, 11) is 1.90. The number of nitrogen functional groups attached to an aromatic ring is 1. The standard InChI is InChI=1S/C25H36N8O4/c1-25(2,3)15-6-8-16(9-7-15)31-24(36)27-10-5-11-32(4)12-17-19(34)20(35)23(37-17)33-14-30-18-21(26)28-13-29-22(18)33/h6-9,13-14,17,19-20,23,34-35H,5,10-12H2,1-4H3,(H2,26,28,29)(H2,27,31,36)/t17?,19-,20?,23?/m1/s1. The number of nitrogens with zero attached hydrogens (tertiary/aromatic N) is 5. The predicted molar refractivity (Wildman–Crippen MR) is 140 cm³/mol. The molecule has 2 amide bonds. The molecule has 3 unspecified atom stereocenters. The molecule has 0 spiro atoms. The third-order valence-electron chi connectivity index (χ3n) is 6.50. The molecule has 4 atom stereocenters. The minimum Gasteiger partial charge on any atom is -0.387 e. The van der Waals surface area contributed by atoms with Crippen molar-refractivity contribution in [2.75, 3.05) is 37.7 Å². The highest BCUT2D eigenvalue weighted by molar-refractivity contribution is 5.89. The summed E-state index contributed by atoms with van der Waals surface area (Å²) in [6.07, 6.45) is -0.227. The first-order valence-corrected chi connectivity index (χ1v) is 12.3. The summed E-state index contributed by atoms with van der Waals surface area (Å²) < 4.78 is 7.55. The number of fused-ring (bicyclic) bond motifs is 1. The molecule has 6 N–H and O–H groups in total. The molecule has 2 aromatic heterocycles. The van der Waals surface area contributed by atoms with E-state index in [-0.39, 0.29) is 17.3 Å². The average molecular weight is 513 g/mol. The van der Waals surface area contributed by atoms with E-state index < -0.39 is 24.5 Å². The molecule has 37 heavy (non-hydrogen) atoms. The van der Waals surface area contributed by atoms with Crippen LogP contribution in [-0.4, -0.2) is 85.7 Å². The quantitative estimate of drug-likeness (QED) is 0.281. The van der Waals surface area contributed by atoms with Crippen molar-refractivity contribution in [1.29, 1.82) is 0 Å². The van der Waals surface area contributed by atoms with Crippen molar-refractivity contribution in [3.05, 3.63) is 42.5 Å². The number of aliphatic hydroxyl groups is 2. The van der Waals surface area contributed by atoms with Crippen LogP contribution in [0.2, 0.25) is 0 Å². The molecule has 12 nitrogen and oxygen atoms in total. The Morgan fingerprint density at radius 1 is 1.16 bits per heavy atom. The molecule has 0 radical (unpaired) electrons. The molecule has 1 aliphatic heterocycles. The van der Waals surface area contributed by atoms with E-state index in [0.29, 0.717) is 37.2 Å². The van der Waals surface area contributed by atoms with Gasteiger partial charge in [0.15, 0.2) is 17.7 Å². The van der Waals surface area contributed by atoms with Gasteiger partial charge >= 0.3 is 6.03 Å². The van der Waals surface area contributed by atoms with Gasteiger partial charge in [0.2, 0.25) is 0 Å². The van der Waals surface area contributed by atoms with Crippen LogP contribution >= 0.6 is 0 Å². The number of nitrogens with one attached hydrogen (secondary N) is 2. The maximum absolute atomic E-state index is 12.2. The number of ether oxygens (including phenoxy) is 1. The molecule has 0 bridgehead atoms. The summed E-state index contributed by atoms with van der Waals surface area (Å²) in [5.41, 5.74) is 8.67. The summed E-state index contributed by atoms with van der Waals surface area (Å²) in [4.78, 5) is 26.5. The number of urea groups is 1. The number of aromatic nitrogens is 4. The molecule has 3 aromatic rings. The lowest BCUT2D eigenvalue weighted by Crippen LogP contribution is -2.39. The van der Waals surface area contributed by atoms with Crippen molar-refractivity contribution >= 4 is 28.7 Å². The smallest absolute Gasteiger partial charge is 0.319 e. The van der Waals surface area contributed by atoms with Gasteiger partial charge in [0.05, 0.1) is 6.33 Å². The number of hydrogen-bond donors (Lipinski definition) is 5. The fourth-order valence-corrected chi connectivity index (χ4v) is 4.34. The highest BCUT2D eigenvalue weighted by Crippen LogP contribution is 2.32. The molecule has 0 saturated carbocycles. The Labute approximate surface area is 215 Å². The number of rotatable bonds is 8. The van der Waals surface area contributed by atoms with Gasteiger partial charge in [-0.25, -0.2) is 19.7 Å². The molecule has 1 aromatic carbocycles. The molecule has 0 aliphatic carbocycles. The van der Waals surface area contributed by atoms with E-state index >= 15 is 0 Å². The maximum atomic E-state index is 12.2. The van der Waals surface area contributed by atoms with Crippen LogP contribution in [0.3, 0.4) is 0 Å². The van der Waals surface area contributed by atoms with Crippen LogP contribution in [0, 0.1) is 0 Å². The number of aliphatic hydroxyl groups excluding tert-OH is 2. The van der Waals surface area contributed by atoms with Crippen molar-refractivity contribution < 1.29 is 19.7 Å². The van der Waals surface area contributed by atoms with E-state index in [2.05, 4.69) is 46.4 Å². The summed E-state index contributed by atoms with van der Waals surface area (Å²) in [6, 6.07) is 7.57. The van der Waals surface area contributed by atoms with E-state index in [4.69, 9.17) is 10.5 Å². The van der Waals surface area contributed by atoms with Gasteiger partial charge in [-0.2, -0.15) is 0 Å². The number of carbonyl (C=O) groups is 1. The maximum Gasteiger partial charge on any atom is 0.319 e. The number of nitrogens with two attached hydrogens (primary N) is 1. The number of amides is 2. The minimum absolute atomic E-state index is 0.0583. The number of carbonyl (C=O) groups excluding carboxylic acids is 1. The van der Waals surface area contributed by atoms with Crippen LogP contribution in [0.4, 0.5) is 16.3 Å². The first-order chi connectivity index (χ1) is 17.5. The van der Waals surface area contributed by atoms with Crippen LogP contribution < -0.4 is 16.4 Å². The van der Waals surface area contributed by atoms with Crippen LogP contribution in [0.15, 0.2) is 36.9 Å². The molecular weight excluding hydrogens is 476 g/mol. The van der Waals surface area contributed by atoms with Gasteiger partial charge in [-0.05, 0) is 43.1 Å². The van der Waals surface area contributed by atoms with Crippen molar-refractivity contribution in [1.82, 2.24) is 29.7 Å². The Kier molecular flexibility index (Phi) is 7.93. The first-order valence-electron chi connectivity index (χ1n) is 12.3. The topological polar surface area (TPSA) is 164 Å². The Balaban J connectivity index is 1.21. The Morgan fingerprint density at radius 3 is 2.59 bits per heavy atom. The molecule has 1 saturated heterocycles. The van der Waals surface area contributed by atoms with Crippen LogP contribution in [0.5, 0.6) is 0 Å². The van der Waals surface area contributed by atoms with Gasteiger partial charge < -0.3 is 36.2 Å². The molecule has 1 aliphatic rings. The summed E-state index contributed by atoms with van der Waals surface area (Å²) in [6.45, 7) is 7.97. The minimum atomic E-state index is -1.16. The lowest BCUT2D eigenvalue weighted by molar-refractivity contribution is -0.0421. The van der Waals surface area contributed by atoms with Crippen molar-refractivity contribution in [3.8, 4) is 0 Å². The molecule has 3 heterocycles. The Hall–Kier alpha value is -3.32. The largest absolute Gasteiger partial charge is 0.387 e. The molecule has 12 heteroatoms. The first kappa shape index (κ1) is 26.7. The van der Waals surface area contributed by atoms with Crippen LogP contribution in [0.25, 0.3) is 11.2 Å². The third-order valence-corrected chi connectivity index (χ3v) is 6.50. The van der Waals surface area contributed by atoms with E-state index in [9.17, 15) is 15.0 Å². The fraction of sp³-hybridized carbons (Fsp3) is 0.520. The van der Waals surface area contributed by atoms with E-state index in [0.717, 1.165) is 5.69 Å². The van der Waals surface area contributed by atoms with E-state index in [1.807, 2.05) is 36.2 Å². The zero-order valence-corrected chi connectivity index (χ0v) is 21.6. The highest BCUT2D eigenvalue weighted by atomic mass is 16.6. The second-order valence-corrected chi connectivity index (χ2v) is 10.5. The fourth-order valence-electron chi connectivity index (χ4n) is 4.34. The number of benzene rings is 1. The number of hydrogen-bond acceptors (Lipinski definition) is 9. The van der Waals surface area contributed by atoms with Gasteiger partial charge in [-0.1, -0.05) is 32.9 Å². The second-order valence-electron chi connectivity index (χ2n) is 10.5. The van der Waals surface area contributed by atoms with Crippen molar-refractivity contribution in [2.45, 2.75) is 57.1 Å². The molecule has 4 rings (SSSR count). The number of anilines is 2. The lowest BCUT2D eigenvalue weighted by Gasteiger charge is -2.22. The van der Waals surface area contributed by atoms with Crippen LogP contribution in [-0.2, 0) is 10.2 Å². The highest BCUT2D eigenvalue weighted by Gasteiger charge is 2.44. The third kappa shape index (κ3) is 6.16. The molecule has 200 valence electrons. The van der Waals surface area contributed by atoms with E-state index in [1.165, 1.54) is 18.2 Å². The van der Waals surface area contributed by atoms with Crippen molar-refractivity contribution in [3.63, 3.8) is 0 Å². The van der Waals surface area contributed by atoms with Gasteiger partial charge in [0.1, 0.15) is 30.2 Å². The van der Waals surface area contributed by atoms with Gasteiger partial charge in [0, 0.05) is 18.8 Å². The van der Waals surface area contributed by atoms with Gasteiger partial charge in [-0.3, -0.25) is 4.57 Å². The zero-order valence-electron chi connectivity index (χ0n) is 21.6. The Morgan fingerprint density at radius 2 is 1.89 bits per heavy atom. The predicted octanol–water partition coefficient (Wildman–Crippen LogP) is 1.47. The van der Waals surface area contributed by atoms with E-state index in [1.54, 1.807) is 4.57 Å². The zero-order chi connectivity index (χ0) is 26.7. The summed E-state index contributed by atoms with van der Waals surface area (Å²) >= 11 is 0. The number of imidazole rings is 1. The molecule has 1 fully saturated rings. The van der Waals surface area contributed by atoms with Gasteiger partial charge in [-0.15, -0.1) is 0 Å². The van der Waals surface area contributed by atoms with Gasteiger partial charge in [0.25, 0.3) is 0 Å². The number of likely N-dealkylation sites (N-methyl/N-ethyl adjacent to an activating group) is 1. The average Bonchev–Trinajstić information content (AvgIpc) is 3.39. The Bertz CT molecular complexity index is 1210. The summed E-state index contributed by atoms with van der Waals surface area (Å²) in [5, 5.41) is 26.9.